The molecule has 10 aromatic carbocycles. The summed E-state index contributed by atoms with van der Waals surface area (Å²) in [5.74, 6) is 0. The number of nitrogens with zero attached hydrogens (tertiary/aromatic N) is 1. The molecule has 0 fully saturated rings. The molecule has 0 N–H and O–H groups in total. The van der Waals surface area contributed by atoms with Gasteiger partial charge in [-0.2, -0.15) is 0 Å². The van der Waals surface area contributed by atoms with Gasteiger partial charge in [-0.1, -0.05) is 212 Å². The molecule has 0 radical (unpaired) electrons. The molecule has 0 amide bonds. The molecular weight excluding hydrogens is 747 g/mol. The highest BCUT2D eigenvalue weighted by molar-refractivity contribution is 6.02. The predicted molar refractivity (Wildman–Crippen MR) is 259 cm³/mol. The van der Waals surface area contributed by atoms with Crippen molar-refractivity contribution >= 4 is 17.1 Å². The van der Waals surface area contributed by atoms with E-state index in [1.54, 1.807) is 0 Å². The largest absolute Gasteiger partial charge is 0.311 e. The number of fused-ring (bicyclic) bond motifs is 10. The fourth-order valence-electron chi connectivity index (χ4n) is 10.4. The molecule has 0 aromatic heterocycles. The van der Waals surface area contributed by atoms with Gasteiger partial charge in [-0.25, -0.2) is 0 Å². The summed E-state index contributed by atoms with van der Waals surface area (Å²) in [5.41, 5.74) is 23.4. The van der Waals surface area contributed by atoms with Crippen LogP contribution in [-0.2, 0) is 5.41 Å². The predicted octanol–water partition coefficient (Wildman–Crippen LogP) is 16.2. The van der Waals surface area contributed by atoms with E-state index in [-0.39, 0.29) is 5.41 Å². The zero-order valence-electron chi connectivity index (χ0n) is 34.1. The lowest BCUT2D eigenvalue weighted by Crippen LogP contribution is -2.25. The standard InChI is InChI=1S/C61H41N/c1-3-16-42(17-4-1)43-30-32-44(33-31-43)45-34-38-48(39-35-45)62(47-18-5-2-6-19-47)49-40-36-46(37-41-49)50-20-7-8-21-51(50)54-25-15-29-59-60(54)55-24-11-14-28-58(55)61(59)56-26-12-9-22-52(56)53-23-10-13-27-57(53)61/h1-41H. The van der Waals surface area contributed by atoms with E-state index >= 15 is 0 Å². The first kappa shape index (κ1) is 35.9. The van der Waals surface area contributed by atoms with Crippen molar-refractivity contribution in [3.63, 3.8) is 0 Å². The van der Waals surface area contributed by atoms with E-state index in [1.807, 2.05) is 0 Å². The number of benzene rings is 10. The molecule has 0 saturated carbocycles. The second-order valence-corrected chi connectivity index (χ2v) is 16.4. The van der Waals surface area contributed by atoms with Gasteiger partial charge >= 0.3 is 0 Å². The number of hydrogen-bond acceptors (Lipinski definition) is 1. The number of anilines is 3. The first-order valence-corrected chi connectivity index (χ1v) is 21.5. The van der Waals surface area contributed by atoms with Crippen LogP contribution in [0, 0.1) is 0 Å². The first-order valence-electron chi connectivity index (χ1n) is 21.5. The molecular formula is C61H41N. The third-order valence-corrected chi connectivity index (χ3v) is 13.1. The van der Waals surface area contributed by atoms with Crippen LogP contribution in [-0.4, -0.2) is 0 Å². The molecule has 0 unspecified atom stereocenters. The van der Waals surface area contributed by atoms with Crippen LogP contribution in [0.3, 0.4) is 0 Å². The molecule has 0 saturated heterocycles. The molecule has 0 heterocycles. The molecule has 10 aromatic rings. The van der Waals surface area contributed by atoms with Gasteiger partial charge < -0.3 is 4.90 Å². The van der Waals surface area contributed by atoms with Gasteiger partial charge in [-0.05, 0) is 125 Å². The zero-order valence-corrected chi connectivity index (χ0v) is 34.1. The van der Waals surface area contributed by atoms with E-state index in [4.69, 9.17) is 0 Å². The summed E-state index contributed by atoms with van der Waals surface area (Å²) in [6.07, 6.45) is 0. The smallest absolute Gasteiger partial charge is 0.0725 e. The van der Waals surface area contributed by atoms with Crippen LogP contribution in [0.15, 0.2) is 249 Å². The monoisotopic (exact) mass is 787 g/mol. The Bertz CT molecular complexity index is 3210. The van der Waals surface area contributed by atoms with Crippen LogP contribution >= 0.6 is 0 Å². The summed E-state index contributed by atoms with van der Waals surface area (Å²) in [4.78, 5) is 2.34. The SMILES string of the molecule is c1ccc(-c2ccc(-c3ccc(N(c4ccccc4)c4ccc(-c5ccccc5-c5cccc6c5-c5ccccc5C65c6ccccc6-c6ccccc65)cc4)cc3)cc2)cc1. The van der Waals surface area contributed by atoms with Crippen molar-refractivity contribution in [3.8, 4) is 66.8 Å². The third kappa shape index (κ3) is 5.56. The molecule has 290 valence electrons. The van der Waals surface area contributed by atoms with Gasteiger partial charge in [0.1, 0.15) is 0 Å². The second-order valence-electron chi connectivity index (χ2n) is 16.4. The van der Waals surface area contributed by atoms with Gasteiger partial charge in [0.05, 0.1) is 5.41 Å². The number of para-hydroxylation sites is 1. The van der Waals surface area contributed by atoms with Gasteiger partial charge in [-0.15, -0.1) is 0 Å². The zero-order chi connectivity index (χ0) is 41.0. The average Bonchev–Trinajstić information content (AvgIpc) is 3.83. The van der Waals surface area contributed by atoms with Crippen LogP contribution in [0.1, 0.15) is 22.3 Å². The lowest BCUT2D eigenvalue weighted by atomic mass is 9.70. The minimum absolute atomic E-state index is 0.377. The highest BCUT2D eigenvalue weighted by Crippen LogP contribution is 2.64. The summed E-state index contributed by atoms with van der Waals surface area (Å²) in [5, 5.41) is 0. The van der Waals surface area contributed by atoms with Gasteiger partial charge in [-0.3, -0.25) is 0 Å². The lowest BCUT2D eigenvalue weighted by molar-refractivity contribution is 0.794. The Morgan fingerprint density at radius 1 is 0.210 bits per heavy atom. The molecule has 2 aliphatic rings. The van der Waals surface area contributed by atoms with Gasteiger partial charge in [0, 0.05) is 17.1 Å². The third-order valence-electron chi connectivity index (χ3n) is 13.1. The Morgan fingerprint density at radius 2 is 0.565 bits per heavy atom. The van der Waals surface area contributed by atoms with Crippen LogP contribution in [0.4, 0.5) is 17.1 Å². The van der Waals surface area contributed by atoms with Gasteiger partial charge in [0.2, 0.25) is 0 Å². The highest BCUT2D eigenvalue weighted by atomic mass is 15.1. The Balaban J connectivity index is 0.926. The topological polar surface area (TPSA) is 3.24 Å². The molecule has 1 nitrogen and oxygen atoms in total. The Hall–Kier alpha value is -8.00. The first-order chi connectivity index (χ1) is 30.8. The molecule has 62 heavy (non-hydrogen) atoms. The van der Waals surface area contributed by atoms with Crippen molar-refractivity contribution in [2.45, 2.75) is 5.41 Å². The van der Waals surface area contributed by atoms with E-state index < -0.39 is 0 Å². The maximum atomic E-state index is 2.38. The summed E-state index contributed by atoms with van der Waals surface area (Å²) in [6.45, 7) is 0. The molecule has 0 bridgehead atoms. The summed E-state index contributed by atoms with van der Waals surface area (Å²) < 4.78 is 0. The molecule has 0 aliphatic heterocycles. The van der Waals surface area contributed by atoms with Crippen molar-refractivity contribution in [1.82, 2.24) is 0 Å². The van der Waals surface area contributed by atoms with E-state index in [0.717, 1.165) is 17.1 Å². The molecule has 0 atom stereocenters. The van der Waals surface area contributed by atoms with Crippen molar-refractivity contribution in [1.29, 1.82) is 0 Å². The van der Waals surface area contributed by atoms with Crippen LogP contribution in [0.5, 0.6) is 0 Å². The number of rotatable bonds is 7. The second kappa shape index (κ2) is 14.6. The summed E-state index contributed by atoms with van der Waals surface area (Å²) in [6, 6.07) is 91.2. The fraction of sp³-hybridized carbons (Fsp3) is 0.0164. The maximum absolute atomic E-state index is 2.38. The van der Waals surface area contributed by atoms with E-state index in [9.17, 15) is 0 Å². The lowest BCUT2D eigenvalue weighted by Gasteiger charge is -2.30. The molecule has 1 heteroatoms. The van der Waals surface area contributed by atoms with Crippen molar-refractivity contribution < 1.29 is 0 Å². The highest BCUT2D eigenvalue weighted by Gasteiger charge is 2.52. The van der Waals surface area contributed by atoms with Crippen molar-refractivity contribution in [2.24, 2.45) is 0 Å². The van der Waals surface area contributed by atoms with Crippen LogP contribution in [0.2, 0.25) is 0 Å². The van der Waals surface area contributed by atoms with E-state index in [2.05, 4.69) is 254 Å². The van der Waals surface area contributed by atoms with Crippen LogP contribution < -0.4 is 4.90 Å². The molecule has 12 rings (SSSR count). The normalized spacial score (nSPS) is 12.6. The fourth-order valence-corrected chi connectivity index (χ4v) is 10.4. The Labute approximate surface area is 363 Å². The maximum Gasteiger partial charge on any atom is 0.0725 e. The summed E-state index contributed by atoms with van der Waals surface area (Å²) >= 11 is 0. The van der Waals surface area contributed by atoms with Gasteiger partial charge in [0.15, 0.2) is 0 Å². The average molecular weight is 788 g/mol. The molecule has 2 aliphatic carbocycles. The summed E-state index contributed by atoms with van der Waals surface area (Å²) in [7, 11) is 0. The minimum atomic E-state index is -0.377. The minimum Gasteiger partial charge on any atom is -0.311 e. The molecule has 1 spiro atoms. The Kier molecular flexibility index (Phi) is 8.47. The van der Waals surface area contributed by atoms with Crippen LogP contribution in [0.25, 0.3) is 66.8 Å². The number of hydrogen-bond donors (Lipinski definition) is 0. The quantitative estimate of drug-likeness (QED) is 0.155. The van der Waals surface area contributed by atoms with Crippen molar-refractivity contribution in [2.75, 3.05) is 4.90 Å². The van der Waals surface area contributed by atoms with E-state index in [1.165, 1.54) is 89.0 Å². The Morgan fingerprint density at radius 3 is 1.13 bits per heavy atom. The van der Waals surface area contributed by atoms with E-state index in [0.29, 0.717) is 0 Å². The van der Waals surface area contributed by atoms with Gasteiger partial charge in [0.25, 0.3) is 0 Å². The van der Waals surface area contributed by atoms with Crippen molar-refractivity contribution in [3.05, 3.63) is 271 Å².